The Kier molecular flexibility index (Phi) is 5.89. The molecule has 1 aromatic carbocycles. The van der Waals surface area contributed by atoms with Crippen LogP contribution in [0.5, 0.6) is 0 Å². The molecule has 22 heavy (non-hydrogen) atoms. The fourth-order valence-corrected chi connectivity index (χ4v) is 2.73. The summed E-state index contributed by atoms with van der Waals surface area (Å²) in [5.74, 6) is 0.839. The zero-order chi connectivity index (χ0) is 15.9. The van der Waals surface area contributed by atoms with E-state index in [1.165, 1.54) is 0 Å². The minimum absolute atomic E-state index is 0.0372. The fraction of sp³-hybridized carbons (Fsp3) is 0.375. The molecule has 0 saturated heterocycles. The minimum atomic E-state index is -0.292. The first-order valence-corrected chi connectivity index (χ1v) is 8.35. The van der Waals surface area contributed by atoms with Crippen LogP contribution in [-0.4, -0.2) is 42.2 Å². The van der Waals surface area contributed by atoms with Crippen molar-refractivity contribution < 1.29 is 14.3 Å². The van der Waals surface area contributed by atoms with Gasteiger partial charge in [0.05, 0.1) is 6.61 Å². The average molecular weight is 320 g/mol. The van der Waals surface area contributed by atoms with Crippen molar-refractivity contribution in [2.45, 2.75) is 13.8 Å². The summed E-state index contributed by atoms with van der Waals surface area (Å²) in [6.07, 6.45) is 0. The molecule has 2 amide bonds. The molecule has 0 saturated carbocycles. The first kappa shape index (κ1) is 16.4. The molecule has 0 unspecified atom stereocenters. The zero-order valence-corrected chi connectivity index (χ0v) is 13.6. The van der Waals surface area contributed by atoms with E-state index in [1.54, 1.807) is 46.3 Å². The molecule has 0 atom stereocenters. The summed E-state index contributed by atoms with van der Waals surface area (Å²) in [6, 6.07) is 6.96. The summed E-state index contributed by atoms with van der Waals surface area (Å²) >= 11 is 1.55. The maximum Gasteiger partial charge on any atom is 0.291 e. The van der Waals surface area contributed by atoms with Crippen LogP contribution in [0.4, 0.5) is 5.69 Å². The van der Waals surface area contributed by atoms with Crippen LogP contribution < -0.4 is 5.32 Å². The monoisotopic (exact) mass is 320 g/mol. The largest absolute Gasteiger partial charge is 0.487 e. The number of hydrogen-bond acceptors (Lipinski definition) is 4. The summed E-state index contributed by atoms with van der Waals surface area (Å²) in [5.41, 5.74) is 1.15. The number of amides is 2. The third-order valence-electron chi connectivity index (χ3n) is 3.29. The Bertz CT molecular complexity index is 583. The van der Waals surface area contributed by atoms with Gasteiger partial charge in [0.2, 0.25) is 0 Å². The van der Waals surface area contributed by atoms with Gasteiger partial charge in [-0.3, -0.25) is 9.59 Å². The van der Waals surface area contributed by atoms with Crippen LogP contribution in [0.25, 0.3) is 0 Å². The molecule has 0 spiro atoms. The molecule has 1 aliphatic heterocycles. The lowest BCUT2D eigenvalue weighted by molar-refractivity contribution is -0.116. The van der Waals surface area contributed by atoms with Gasteiger partial charge in [0.15, 0.2) is 5.76 Å². The van der Waals surface area contributed by atoms with Crippen LogP contribution in [0.2, 0.25) is 0 Å². The standard InChI is InChI=1S/C16H20N2O3S/c1-3-18(4-2)16(20)12-6-5-7-13(10-12)17-15(19)14-11-22-9-8-21-14/h5-7,10-11H,3-4,8-9H2,1-2H3,(H,17,19). The molecule has 0 radical (unpaired) electrons. The lowest BCUT2D eigenvalue weighted by Gasteiger charge is -2.19. The molecule has 118 valence electrons. The molecule has 2 rings (SSSR count). The second kappa shape index (κ2) is 7.89. The van der Waals surface area contributed by atoms with E-state index >= 15 is 0 Å². The average Bonchev–Trinajstić information content (AvgIpc) is 2.57. The number of carbonyl (C=O) groups excluding carboxylic acids is 2. The Morgan fingerprint density at radius 2 is 2.09 bits per heavy atom. The summed E-state index contributed by atoms with van der Waals surface area (Å²) in [7, 11) is 0. The number of nitrogens with zero attached hydrogens (tertiary/aromatic N) is 1. The molecule has 1 aliphatic rings. The van der Waals surface area contributed by atoms with Crippen molar-refractivity contribution in [1.29, 1.82) is 0 Å². The van der Waals surface area contributed by atoms with Crippen LogP contribution in [0, 0.1) is 0 Å². The van der Waals surface area contributed by atoms with Gasteiger partial charge in [-0.2, -0.15) is 0 Å². The Morgan fingerprint density at radius 1 is 1.32 bits per heavy atom. The van der Waals surface area contributed by atoms with Crippen molar-refractivity contribution in [1.82, 2.24) is 4.90 Å². The molecule has 6 heteroatoms. The van der Waals surface area contributed by atoms with Crippen molar-refractivity contribution in [2.24, 2.45) is 0 Å². The van der Waals surface area contributed by atoms with Crippen molar-refractivity contribution >= 4 is 29.3 Å². The highest BCUT2D eigenvalue weighted by atomic mass is 32.2. The maximum atomic E-state index is 12.3. The first-order valence-electron chi connectivity index (χ1n) is 7.31. The number of anilines is 1. The molecule has 1 N–H and O–H groups in total. The molecular formula is C16H20N2O3S. The highest BCUT2D eigenvalue weighted by molar-refractivity contribution is 8.02. The quantitative estimate of drug-likeness (QED) is 0.906. The highest BCUT2D eigenvalue weighted by Gasteiger charge is 2.16. The smallest absolute Gasteiger partial charge is 0.291 e. The minimum Gasteiger partial charge on any atom is -0.487 e. The van der Waals surface area contributed by atoms with Gasteiger partial charge in [-0.15, -0.1) is 11.8 Å². The van der Waals surface area contributed by atoms with E-state index in [9.17, 15) is 9.59 Å². The van der Waals surface area contributed by atoms with Crippen molar-refractivity contribution in [3.05, 3.63) is 41.0 Å². The number of thioether (sulfide) groups is 1. The van der Waals surface area contributed by atoms with Gasteiger partial charge >= 0.3 is 0 Å². The van der Waals surface area contributed by atoms with E-state index in [0.29, 0.717) is 36.7 Å². The van der Waals surface area contributed by atoms with Gasteiger partial charge in [0.25, 0.3) is 11.8 Å². The number of benzene rings is 1. The Hall–Kier alpha value is -1.95. The van der Waals surface area contributed by atoms with Crippen molar-refractivity contribution in [2.75, 3.05) is 30.8 Å². The highest BCUT2D eigenvalue weighted by Crippen LogP contribution is 2.18. The third kappa shape index (κ3) is 4.04. The lowest BCUT2D eigenvalue weighted by Crippen LogP contribution is -2.30. The predicted octanol–water partition coefficient (Wildman–Crippen LogP) is 2.71. The van der Waals surface area contributed by atoms with Gasteiger partial charge in [0.1, 0.15) is 0 Å². The Labute approximate surface area is 134 Å². The van der Waals surface area contributed by atoms with Crippen molar-refractivity contribution in [3.8, 4) is 0 Å². The summed E-state index contributed by atoms with van der Waals surface area (Å²) in [6.45, 7) is 5.73. The molecule has 0 aromatic heterocycles. The van der Waals surface area contributed by atoms with Crippen LogP contribution >= 0.6 is 11.8 Å². The zero-order valence-electron chi connectivity index (χ0n) is 12.8. The summed E-state index contributed by atoms with van der Waals surface area (Å²) in [5, 5.41) is 4.48. The molecule has 1 heterocycles. The predicted molar refractivity (Wildman–Crippen MR) is 88.8 cm³/mol. The van der Waals surface area contributed by atoms with Crippen LogP contribution in [0.3, 0.4) is 0 Å². The second-order valence-corrected chi connectivity index (χ2v) is 5.69. The molecule has 0 bridgehead atoms. The normalized spacial score (nSPS) is 13.8. The van der Waals surface area contributed by atoms with Gasteiger partial charge < -0.3 is 15.0 Å². The van der Waals surface area contributed by atoms with Gasteiger partial charge in [-0.05, 0) is 32.0 Å². The number of hydrogen-bond donors (Lipinski definition) is 1. The summed E-state index contributed by atoms with van der Waals surface area (Å²) < 4.78 is 5.32. The van der Waals surface area contributed by atoms with E-state index < -0.39 is 0 Å². The second-order valence-electron chi connectivity index (χ2n) is 4.71. The summed E-state index contributed by atoms with van der Waals surface area (Å²) in [4.78, 5) is 26.1. The third-order valence-corrected chi connectivity index (χ3v) is 4.07. The molecule has 5 nitrogen and oxygen atoms in total. The van der Waals surface area contributed by atoms with Gasteiger partial charge in [-0.25, -0.2) is 0 Å². The van der Waals surface area contributed by atoms with E-state index in [-0.39, 0.29) is 11.8 Å². The van der Waals surface area contributed by atoms with Gasteiger partial charge in [-0.1, -0.05) is 6.07 Å². The number of carbonyl (C=O) groups is 2. The number of ether oxygens (including phenoxy) is 1. The van der Waals surface area contributed by atoms with Gasteiger partial charge in [0, 0.05) is 35.5 Å². The van der Waals surface area contributed by atoms with Crippen LogP contribution in [0.15, 0.2) is 35.4 Å². The number of nitrogens with one attached hydrogen (secondary N) is 1. The number of rotatable bonds is 5. The molecular weight excluding hydrogens is 300 g/mol. The Morgan fingerprint density at radius 3 is 2.73 bits per heavy atom. The van der Waals surface area contributed by atoms with E-state index in [1.807, 2.05) is 13.8 Å². The first-order chi connectivity index (χ1) is 10.7. The van der Waals surface area contributed by atoms with Crippen molar-refractivity contribution in [3.63, 3.8) is 0 Å². The molecule has 1 aromatic rings. The molecule has 0 fully saturated rings. The Balaban J connectivity index is 2.09. The van der Waals surface area contributed by atoms with Crippen LogP contribution in [0.1, 0.15) is 24.2 Å². The topological polar surface area (TPSA) is 58.6 Å². The van der Waals surface area contributed by atoms with E-state index in [4.69, 9.17) is 4.74 Å². The van der Waals surface area contributed by atoms with E-state index in [2.05, 4.69) is 5.32 Å². The van der Waals surface area contributed by atoms with E-state index in [0.717, 1.165) is 5.75 Å². The fourth-order valence-electron chi connectivity index (χ4n) is 2.10. The molecule has 0 aliphatic carbocycles. The SMILES string of the molecule is CCN(CC)C(=O)c1cccc(NC(=O)C2=CSCCO2)c1. The lowest BCUT2D eigenvalue weighted by atomic mass is 10.1. The van der Waals surface area contributed by atoms with Crippen LogP contribution in [-0.2, 0) is 9.53 Å². The maximum absolute atomic E-state index is 12.3.